The van der Waals surface area contributed by atoms with E-state index in [1.807, 2.05) is 0 Å². The number of aromatic nitrogens is 1. The van der Waals surface area contributed by atoms with Crippen LogP contribution in [0.15, 0.2) is 5.51 Å². The van der Waals surface area contributed by atoms with Gasteiger partial charge in [-0.25, -0.2) is 9.78 Å². The van der Waals surface area contributed by atoms with E-state index in [1.54, 1.807) is 0 Å². The van der Waals surface area contributed by atoms with Gasteiger partial charge in [-0.15, -0.1) is 11.3 Å². The number of hydrogen-bond donors (Lipinski definition) is 2. The predicted molar refractivity (Wildman–Crippen MR) is 63.6 cm³/mol. The van der Waals surface area contributed by atoms with Crippen LogP contribution in [0.5, 0.6) is 0 Å². The second kappa shape index (κ2) is 4.92. The summed E-state index contributed by atoms with van der Waals surface area (Å²) in [5, 5.41) is 12.7. The molecule has 5 nitrogen and oxygen atoms in total. The second-order valence-corrected chi connectivity index (χ2v) is 6.15. The van der Waals surface area contributed by atoms with Crippen molar-refractivity contribution in [3.05, 3.63) is 11.2 Å². The standard InChI is InChI=1S/C9H12N2O3S2/c12-9(13)7-8(15-5-10-7)11-6-1-3-16(14)4-2-6/h5-6,11H,1-4H2,(H,12,13). The Morgan fingerprint density at radius 1 is 1.56 bits per heavy atom. The lowest BCUT2D eigenvalue weighted by Gasteiger charge is -2.22. The van der Waals surface area contributed by atoms with Crippen LogP contribution in [0, 0.1) is 0 Å². The van der Waals surface area contributed by atoms with Gasteiger partial charge in [0.2, 0.25) is 0 Å². The molecule has 88 valence electrons. The van der Waals surface area contributed by atoms with Gasteiger partial charge in [-0.05, 0) is 12.8 Å². The summed E-state index contributed by atoms with van der Waals surface area (Å²) in [6, 6.07) is 0.219. The van der Waals surface area contributed by atoms with Crippen molar-refractivity contribution in [2.45, 2.75) is 18.9 Å². The minimum Gasteiger partial charge on any atom is -0.476 e. The number of nitrogens with zero attached hydrogens (tertiary/aromatic N) is 1. The molecule has 2 rings (SSSR count). The van der Waals surface area contributed by atoms with Crippen LogP contribution in [0.1, 0.15) is 23.3 Å². The Balaban J connectivity index is 2.01. The molecule has 1 aliphatic heterocycles. The van der Waals surface area contributed by atoms with Gasteiger partial charge in [-0.2, -0.15) is 0 Å². The molecule has 0 spiro atoms. The molecule has 0 aromatic carbocycles. The number of carbonyl (C=O) groups is 1. The minimum absolute atomic E-state index is 0.0803. The molecule has 1 aliphatic rings. The minimum atomic E-state index is -1.01. The highest BCUT2D eigenvalue weighted by Crippen LogP contribution is 2.23. The summed E-state index contributed by atoms with van der Waals surface area (Å²) in [6.45, 7) is 0. The average Bonchev–Trinajstić information content (AvgIpc) is 2.69. The zero-order chi connectivity index (χ0) is 11.5. The van der Waals surface area contributed by atoms with Gasteiger partial charge in [-0.1, -0.05) is 0 Å². The smallest absolute Gasteiger partial charge is 0.357 e. The van der Waals surface area contributed by atoms with Crippen molar-refractivity contribution in [2.24, 2.45) is 0 Å². The molecular formula is C9H12N2O3S2. The molecule has 0 saturated carbocycles. The summed E-state index contributed by atoms with van der Waals surface area (Å²) < 4.78 is 11.2. The summed E-state index contributed by atoms with van der Waals surface area (Å²) in [4.78, 5) is 14.6. The highest BCUT2D eigenvalue weighted by atomic mass is 32.2. The number of thiazole rings is 1. The van der Waals surface area contributed by atoms with Gasteiger partial charge in [0.25, 0.3) is 0 Å². The Morgan fingerprint density at radius 2 is 2.25 bits per heavy atom. The van der Waals surface area contributed by atoms with Crippen LogP contribution in [0.2, 0.25) is 0 Å². The fourth-order valence-electron chi connectivity index (χ4n) is 1.62. The Hall–Kier alpha value is -0.950. The average molecular weight is 260 g/mol. The van der Waals surface area contributed by atoms with Gasteiger partial charge in [0.15, 0.2) is 5.69 Å². The third-order valence-electron chi connectivity index (χ3n) is 2.49. The lowest BCUT2D eigenvalue weighted by molar-refractivity contribution is 0.0692. The highest BCUT2D eigenvalue weighted by Gasteiger charge is 2.21. The largest absolute Gasteiger partial charge is 0.476 e. The van der Waals surface area contributed by atoms with Gasteiger partial charge in [0.1, 0.15) is 5.00 Å². The van der Waals surface area contributed by atoms with Crippen molar-refractivity contribution in [3.63, 3.8) is 0 Å². The van der Waals surface area contributed by atoms with Crippen molar-refractivity contribution in [2.75, 3.05) is 16.8 Å². The summed E-state index contributed by atoms with van der Waals surface area (Å²) >= 11 is 1.29. The normalized spacial score (nSPS) is 25.2. The molecule has 2 N–H and O–H groups in total. The van der Waals surface area contributed by atoms with Gasteiger partial charge < -0.3 is 10.4 Å². The maximum absolute atomic E-state index is 11.2. The van der Waals surface area contributed by atoms with E-state index in [1.165, 1.54) is 16.8 Å². The van der Waals surface area contributed by atoms with E-state index >= 15 is 0 Å². The second-order valence-electron chi connectivity index (χ2n) is 3.60. The van der Waals surface area contributed by atoms with Crippen LogP contribution in [-0.4, -0.2) is 37.8 Å². The maximum Gasteiger partial charge on any atom is 0.357 e. The Bertz CT molecular complexity index is 409. The molecule has 0 unspecified atom stereocenters. The Morgan fingerprint density at radius 3 is 2.88 bits per heavy atom. The van der Waals surface area contributed by atoms with Gasteiger partial charge in [0.05, 0.1) is 5.51 Å². The fourth-order valence-corrected chi connectivity index (χ4v) is 3.67. The SMILES string of the molecule is O=C(O)c1ncsc1NC1CCS(=O)CC1. The van der Waals surface area contributed by atoms with E-state index in [0.717, 1.165) is 12.8 Å². The zero-order valence-electron chi connectivity index (χ0n) is 8.51. The van der Waals surface area contributed by atoms with Crippen LogP contribution in [-0.2, 0) is 10.8 Å². The van der Waals surface area contributed by atoms with Crippen molar-refractivity contribution in [1.29, 1.82) is 0 Å². The molecule has 1 aromatic heterocycles. The van der Waals surface area contributed by atoms with E-state index in [4.69, 9.17) is 5.11 Å². The predicted octanol–water partition coefficient (Wildman–Crippen LogP) is 1.16. The summed E-state index contributed by atoms with van der Waals surface area (Å²) in [5.74, 6) is 0.376. The third kappa shape index (κ3) is 2.59. The molecule has 1 aromatic rings. The molecule has 2 heterocycles. The first-order chi connectivity index (χ1) is 7.66. The molecule has 0 amide bonds. The van der Waals surface area contributed by atoms with Crippen LogP contribution in [0.25, 0.3) is 0 Å². The number of anilines is 1. The van der Waals surface area contributed by atoms with E-state index in [-0.39, 0.29) is 11.7 Å². The molecule has 0 aliphatic carbocycles. The first-order valence-electron chi connectivity index (χ1n) is 4.95. The number of carboxylic acid groups (broad SMARTS) is 1. The summed E-state index contributed by atoms with van der Waals surface area (Å²) in [5.41, 5.74) is 1.60. The molecule has 7 heteroatoms. The van der Waals surface area contributed by atoms with Crippen LogP contribution < -0.4 is 5.32 Å². The van der Waals surface area contributed by atoms with Crippen molar-refractivity contribution >= 4 is 33.1 Å². The van der Waals surface area contributed by atoms with Crippen LogP contribution in [0.4, 0.5) is 5.00 Å². The third-order valence-corrected chi connectivity index (χ3v) is 4.63. The van der Waals surface area contributed by atoms with Crippen LogP contribution in [0.3, 0.4) is 0 Å². The lowest BCUT2D eigenvalue weighted by atomic mass is 10.1. The molecule has 0 radical (unpaired) electrons. The zero-order valence-corrected chi connectivity index (χ0v) is 10.1. The van der Waals surface area contributed by atoms with E-state index in [9.17, 15) is 9.00 Å². The fraction of sp³-hybridized carbons (Fsp3) is 0.556. The maximum atomic E-state index is 11.2. The summed E-state index contributed by atoms with van der Waals surface area (Å²) in [7, 11) is -0.692. The Kier molecular flexibility index (Phi) is 3.55. The topological polar surface area (TPSA) is 79.3 Å². The number of rotatable bonds is 3. The van der Waals surface area contributed by atoms with Crippen molar-refractivity contribution in [1.82, 2.24) is 4.98 Å². The van der Waals surface area contributed by atoms with E-state index < -0.39 is 16.8 Å². The monoisotopic (exact) mass is 260 g/mol. The lowest BCUT2D eigenvalue weighted by Crippen LogP contribution is -2.29. The Labute approximate surface area is 99.4 Å². The first kappa shape index (κ1) is 11.5. The first-order valence-corrected chi connectivity index (χ1v) is 7.32. The quantitative estimate of drug-likeness (QED) is 0.852. The molecule has 0 bridgehead atoms. The molecule has 16 heavy (non-hydrogen) atoms. The number of carboxylic acids is 1. The molecule has 0 atom stereocenters. The van der Waals surface area contributed by atoms with Gasteiger partial charge in [-0.3, -0.25) is 4.21 Å². The van der Waals surface area contributed by atoms with E-state index in [2.05, 4.69) is 10.3 Å². The highest BCUT2D eigenvalue weighted by molar-refractivity contribution is 7.85. The molecular weight excluding hydrogens is 248 g/mol. The van der Waals surface area contributed by atoms with Crippen LogP contribution >= 0.6 is 11.3 Å². The number of nitrogens with one attached hydrogen (secondary N) is 1. The molecule has 1 saturated heterocycles. The van der Waals surface area contributed by atoms with Crippen molar-refractivity contribution in [3.8, 4) is 0 Å². The molecule has 1 fully saturated rings. The number of aromatic carboxylic acids is 1. The summed E-state index contributed by atoms with van der Waals surface area (Å²) in [6.07, 6.45) is 1.65. The van der Waals surface area contributed by atoms with Crippen molar-refractivity contribution < 1.29 is 14.1 Å². The number of hydrogen-bond acceptors (Lipinski definition) is 5. The van der Waals surface area contributed by atoms with Gasteiger partial charge in [0, 0.05) is 28.3 Å². The van der Waals surface area contributed by atoms with E-state index in [0.29, 0.717) is 16.5 Å². The van der Waals surface area contributed by atoms with Gasteiger partial charge >= 0.3 is 5.97 Å².